The summed E-state index contributed by atoms with van der Waals surface area (Å²) in [6.45, 7) is 6.39. The largest absolute Gasteiger partial charge is 0.455 e. The summed E-state index contributed by atoms with van der Waals surface area (Å²) in [6, 6.07) is 27.9. The van der Waals surface area contributed by atoms with Gasteiger partial charge in [0, 0.05) is 22.5 Å². The second-order valence-electron chi connectivity index (χ2n) is 8.69. The molecule has 0 saturated heterocycles. The Bertz CT molecular complexity index is 1640. The second kappa shape index (κ2) is 7.06. The number of rotatable bonds is 2. The fourth-order valence-corrected chi connectivity index (χ4v) is 4.71. The Morgan fingerprint density at radius 2 is 1.53 bits per heavy atom. The summed E-state index contributed by atoms with van der Waals surface area (Å²) in [5.41, 5.74) is 9.81. The number of benzene rings is 4. The lowest BCUT2D eigenvalue weighted by molar-refractivity contribution is 0.670. The average molecular weight is 414 g/mol. The van der Waals surface area contributed by atoms with Crippen LogP contribution >= 0.6 is 0 Å². The Hall–Kier alpha value is -3.91. The van der Waals surface area contributed by atoms with E-state index in [-0.39, 0.29) is 0 Å². The SMILES string of the molecule is Cc1ccc2cc3oc4c(-c5cc(-c6ccccc6)c(C)cn5)ccc(C)c4c3cc2c1. The lowest BCUT2D eigenvalue weighted by Gasteiger charge is -2.10. The van der Waals surface area contributed by atoms with Gasteiger partial charge in [0.2, 0.25) is 0 Å². The molecular weight excluding hydrogens is 390 g/mol. The van der Waals surface area contributed by atoms with Gasteiger partial charge in [-0.15, -0.1) is 0 Å². The van der Waals surface area contributed by atoms with E-state index in [2.05, 4.69) is 93.6 Å². The van der Waals surface area contributed by atoms with Crippen molar-refractivity contribution in [2.75, 3.05) is 0 Å². The van der Waals surface area contributed by atoms with Crippen LogP contribution in [-0.2, 0) is 0 Å². The zero-order valence-electron chi connectivity index (χ0n) is 18.4. The van der Waals surface area contributed by atoms with Crippen molar-refractivity contribution in [1.29, 1.82) is 0 Å². The maximum absolute atomic E-state index is 6.49. The molecule has 2 aromatic heterocycles. The normalized spacial score (nSPS) is 11.6. The Kier molecular flexibility index (Phi) is 4.16. The van der Waals surface area contributed by atoms with E-state index in [0.717, 1.165) is 33.4 Å². The van der Waals surface area contributed by atoms with Crippen molar-refractivity contribution < 1.29 is 4.42 Å². The average Bonchev–Trinajstić information content (AvgIpc) is 3.18. The molecule has 0 saturated carbocycles. The number of hydrogen-bond acceptors (Lipinski definition) is 2. The van der Waals surface area contributed by atoms with Gasteiger partial charge in [0.05, 0.1) is 5.69 Å². The van der Waals surface area contributed by atoms with Crippen LogP contribution in [0.2, 0.25) is 0 Å². The summed E-state index contributed by atoms with van der Waals surface area (Å²) < 4.78 is 6.49. The molecule has 32 heavy (non-hydrogen) atoms. The van der Waals surface area contributed by atoms with Crippen LogP contribution in [-0.4, -0.2) is 4.98 Å². The molecule has 0 bridgehead atoms. The molecule has 0 aliphatic carbocycles. The first-order chi connectivity index (χ1) is 15.6. The van der Waals surface area contributed by atoms with Crippen LogP contribution in [0.15, 0.2) is 89.5 Å². The van der Waals surface area contributed by atoms with E-state index >= 15 is 0 Å². The maximum Gasteiger partial charge on any atom is 0.145 e. The number of pyridine rings is 1. The minimum atomic E-state index is 0.905. The quantitative estimate of drug-likeness (QED) is 0.285. The van der Waals surface area contributed by atoms with Crippen molar-refractivity contribution in [2.45, 2.75) is 20.8 Å². The summed E-state index contributed by atoms with van der Waals surface area (Å²) in [6.07, 6.45) is 1.96. The number of aryl methyl sites for hydroxylation is 3. The smallest absolute Gasteiger partial charge is 0.145 e. The van der Waals surface area contributed by atoms with Gasteiger partial charge in [-0.3, -0.25) is 4.98 Å². The molecule has 0 radical (unpaired) electrons. The molecular formula is C30H23NO. The zero-order chi connectivity index (χ0) is 21.8. The van der Waals surface area contributed by atoms with Gasteiger partial charge in [0.25, 0.3) is 0 Å². The first-order valence-electron chi connectivity index (χ1n) is 11.0. The maximum atomic E-state index is 6.49. The molecule has 2 nitrogen and oxygen atoms in total. The summed E-state index contributed by atoms with van der Waals surface area (Å²) in [5.74, 6) is 0. The van der Waals surface area contributed by atoms with Crippen LogP contribution in [0.5, 0.6) is 0 Å². The van der Waals surface area contributed by atoms with Crippen LogP contribution in [0.25, 0.3) is 55.1 Å². The molecule has 0 aliphatic rings. The van der Waals surface area contributed by atoms with Crippen molar-refractivity contribution in [3.8, 4) is 22.4 Å². The molecule has 0 fully saturated rings. The van der Waals surface area contributed by atoms with E-state index in [1.807, 2.05) is 12.3 Å². The fraction of sp³-hybridized carbons (Fsp3) is 0.100. The van der Waals surface area contributed by atoms with E-state index in [9.17, 15) is 0 Å². The molecule has 0 atom stereocenters. The number of nitrogens with zero attached hydrogens (tertiary/aromatic N) is 1. The Morgan fingerprint density at radius 3 is 2.38 bits per heavy atom. The zero-order valence-corrected chi connectivity index (χ0v) is 18.4. The van der Waals surface area contributed by atoms with E-state index in [1.54, 1.807) is 0 Å². The van der Waals surface area contributed by atoms with Crippen molar-refractivity contribution >= 4 is 32.7 Å². The predicted molar refractivity (Wildman–Crippen MR) is 134 cm³/mol. The van der Waals surface area contributed by atoms with Gasteiger partial charge in [0.15, 0.2) is 0 Å². The van der Waals surface area contributed by atoms with Crippen LogP contribution in [0.4, 0.5) is 0 Å². The molecule has 0 unspecified atom stereocenters. The van der Waals surface area contributed by atoms with E-state index in [0.29, 0.717) is 0 Å². The van der Waals surface area contributed by atoms with Crippen molar-refractivity contribution in [3.63, 3.8) is 0 Å². The molecule has 6 rings (SSSR count). The molecule has 6 aromatic rings. The van der Waals surface area contributed by atoms with Crippen LogP contribution in [0.1, 0.15) is 16.7 Å². The molecule has 0 N–H and O–H groups in total. The number of aromatic nitrogens is 1. The molecule has 2 heteroatoms. The minimum absolute atomic E-state index is 0.905. The molecule has 2 heterocycles. The highest BCUT2D eigenvalue weighted by Gasteiger charge is 2.17. The lowest BCUT2D eigenvalue weighted by atomic mass is 9.97. The standard InChI is InChI=1S/C30H23NO/c1-18-9-11-22-15-28-26(14-23(22)13-18)29-19(2)10-12-24(30(29)32-28)27-16-25(20(3)17-31-27)21-7-5-4-6-8-21/h4-17H,1-3H3. The molecule has 0 aliphatic heterocycles. The van der Waals surface area contributed by atoms with Gasteiger partial charge >= 0.3 is 0 Å². The topological polar surface area (TPSA) is 26.0 Å². The highest BCUT2D eigenvalue weighted by molar-refractivity contribution is 6.14. The van der Waals surface area contributed by atoms with Crippen LogP contribution in [0.3, 0.4) is 0 Å². The van der Waals surface area contributed by atoms with Crippen LogP contribution in [0, 0.1) is 20.8 Å². The van der Waals surface area contributed by atoms with Gasteiger partial charge in [-0.05, 0) is 78.1 Å². The Morgan fingerprint density at radius 1 is 0.688 bits per heavy atom. The van der Waals surface area contributed by atoms with Crippen molar-refractivity contribution in [2.24, 2.45) is 0 Å². The Labute approximate surface area is 187 Å². The van der Waals surface area contributed by atoms with Gasteiger partial charge < -0.3 is 4.42 Å². The van der Waals surface area contributed by atoms with E-state index in [1.165, 1.54) is 38.4 Å². The first-order valence-corrected chi connectivity index (χ1v) is 11.0. The third-order valence-electron chi connectivity index (χ3n) is 6.41. The van der Waals surface area contributed by atoms with Gasteiger partial charge in [-0.2, -0.15) is 0 Å². The molecule has 0 spiro atoms. The van der Waals surface area contributed by atoms with Crippen LogP contribution < -0.4 is 0 Å². The summed E-state index contributed by atoms with van der Waals surface area (Å²) in [4.78, 5) is 4.79. The molecule has 154 valence electrons. The van der Waals surface area contributed by atoms with E-state index in [4.69, 9.17) is 9.40 Å². The van der Waals surface area contributed by atoms with Gasteiger partial charge in [-0.1, -0.05) is 60.2 Å². The number of hydrogen-bond donors (Lipinski definition) is 0. The predicted octanol–water partition coefficient (Wildman–Crippen LogP) is 8.39. The monoisotopic (exact) mass is 413 g/mol. The molecule has 0 amide bonds. The summed E-state index contributed by atoms with van der Waals surface area (Å²) in [5, 5.41) is 4.77. The summed E-state index contributed by atoms with van der Waals surface area (Å²) >= 11 is 0. The minimum Gasteiger partial charge on any atom is -0.455 e. The highest BCUT2D eigenvalue weighted by Crippen LogP contribution is 2.39. The number of furan rings is 1. The Balaban J connectivity index is 1.63. The van der Waals surface area contributed by atoms with Gasteiger partial charge in [0.1, 0.15) is 11.2 Å². The third kappa shape index (κ3) is 2.91. The van der Waals surface area contributed by atoms with Crippen molar-refractivity contribution in [3.05, 3.63) is 102 Å². The lowest BCUT2D eigenvalue weighted by Crippen LogP contribution is -1.90. The van der Waals surface area contributed by atoms with Crippen molar-refractivity contribution in [1.82, 2.24) is 4.98 Å². The first kappa shape index (κ1) is 18.8. The molecule has 4 aromatic carbocycles. The van der Waals surface area contributed by atoms with E-state index < -0.39 is 0 Å². The van der Waals surface area contributed by atoms with Gasteiger partial charge in [-0.25, -0.2) is 0 Å². The highest BCUT2D eigenvalue weighted by atomic mass is 16.3. The third-order valence-corrected chi connectivity index (χ3v) is 6.41. The second-order valence-corrected chi connectivity index (χ2v) is 8.69. The fourth-order valence-electron chi connectivity index (χ4n) is 4.71. The number of fused-ring (bicyclic) bond motifs is 4. The summed E-state index contributed by atoms with van der Waals surface area (Å²) in [7, 11) is 0.